The summed E-state index contributed by atoms with van der Waals surface area (Å²) in [6.45, 7) is 4.75. The van der Waals surface area contributed by atoms with Crippen LogP contribution >= 0.6 is 0 Å². The highest BCUT2D eigenvalue weighted by Gasteiger charge is 2.36. The molecule has 8 nitrogen and oxygen atoms in total. The van der Waals surface area contributed by atoms with E-state index in [1.165, 1.54) is 6.20 Å². The molecule has 3 aromatic heterocycles. The second-order valence-electron chi connectivity index (χ2n) is 7.94. The maximum atomic E-state index is 15.1. The van der Waals surface area contributed by atoms with Gasteiger partial charge in [-0.05, 0) is 24.6 Å². The molecule has 2 aliphatic heterocycles. The van der Waals surface area contributed by atoms with Crippen LogP contribution in [-0.4, -0.2) is 64.3 Å². The third kappa shape index (κ3) is 3.23. The maximum absolute atomic E-state index is 15.1. The molecule has 30 heavy (non-hydrogen) atoms. The van der Waals surface area contributed by atoms with Crippen molar-refractivity contribution in [2.24, 2.45) is 0 Å². The minimum atomic E-state index is -1.20. The van der Waals surface area contributed by atoms with Crippen molar-refractivity contribution in [1.82, 2.24) is 20.2 Å². The van der Waals surface area contributed by atoms with Crippen molar-refractivity contribution in [3.05, 3.63) is 35.9 Å². The number of aromatic amines is 1. The lowest BCUT2D eigenvalue weighted by atomic mass is 9.84. The Balaban J connectivity index is 1.79. The van der Waals surface area contributed by atoms with Crippen LogP contribution in [0, 0.1) is 5.82 Å². The van der Waals surface area contributed by atoms with Crippen LogP contribution in [-0.2, 0) is 15.1 Å². The van der Waals surface area contributed by atoms with Crippen LogP contribution in [0.2, 0.25) is 0 Å². The number of H-pyrrole nitrogens is 1. The maximum Gasteiger partial charge on any atom is 0.151 e. The summed E-state index contributed by atoms with van der Waals surface area (Å²) in [5.74, 6) is 0.179. The molecule has 0 saturated carbocycles. The minimum Gasteiger partial charge on any atom is -0.385 e. The lowest BCUT2D eigenvalue weighted by molar-refractivity contribution is -0.0671. The Hall–Kier alpha value is -2.62. The largest absolute Gasteiger partial charge is 0.385 e. The summed E-state index contributed by atoms with van der Waals surface area (Å²) in [4.78, 5) is 11.3. The van der Waals surface area contributed by atoms with E-state index in [0.717, 1.165) is 0 Å². The number of ether oxygens (including phenoxy) is 2. The third-order valence-corrected chi connectivity index (χ3v) is 6.02. The van der Waals surface area contributed by atoms with Crippen LogP contribution in [0.5, 0.6) is 0 Å². The Morgan fingerprint density at radius 3 is 2.83 bits per heavy atom. The van der Waals surface area contributed by atoms with Gasteiger partial charge in [-0.1, -0.05) is 0 Å². The van der Waals surface area contributed by atoms with Crippen LogP contribution < -0.4 is 4.90 Å². The van der Waals surface area contributed by atoms with Crippen molar-refractivity contribution in [3.8, 4) is 11.4 Å². The minimum absolute atomic E-state index is 0.109. The Morgan fingerprint density at radius 1 is 1.27 bits per heavy atom. The first-order valence-electron chi connectivity index (χ1n) is 10.2. The number of fused-ring (bicyclic) bond motifs is 1. The summed E-state index contributed by atoms with van der Waals surface area (Å²) in [6.07, 6.45) is 3.59. The molecule has 0 aliphatic carbocycles. The summed E-state index contributed by atoms with van der Waals surface area (Å²) in [6, 6.07) is 3.71. The number of aliphatic hydroxyl groups is 1. The zero-order valence-corrected chi connectivity index (χ0v) is 16.8. The van der Waals surface area contributed by atoms with Gasteiger partial charge in [0, 0.05) is 44.2 Å². The number of halogens is 1. The Bertz CT molecular complexity index is 1050. The monoisotopic (exact) mass is 413 g/mol. The van der Waals surface area contributed by atoms with Crippen LogP contribution in [0.15, 0.2) is 24.5 Å². The highest BCUT2D eigenvalue weighted by Crippen LogP contribution is 2.40. The SMILES string of the molecule is C[C@@H]1COCCN1c1cc(C2(O)CCOCC2)c2c(F)cnc(-c3ccn[nH]3)c2n1. The fourth-order valence-corrected chi connectivity index (χ4v) is 4.34. The van der Waals surface area contributed by atoms with E-state index >= 15 is 4.39 Å². The summed E-state index contributed by atoms with van der Waals surface area (Å²) < 4.78 is 26.2. The molecule has 0 unspecified atom stereocenters. The number of pyridine rings is 2. The summed E-state index contributed by atoms with van der Waals surface area (Å²) in [5, 5.41) is 18.7. The molecule has 2 aliphatic rings. The van der Waals surface area contributed by atoms with Crippen LogP contribution in [0.4, 0.5) is 10.2 Å². The van der Waals surface area contributed by atoms with Crippen molar-refractivity contribution in [1.29, 1.82) is 0 Å². The highest BCUT2D eigenvalue weighted by molar-refractivity contribution is 5.94. The predicted molar refractivity (Wildman–Crippen MR) is 109 cm³/mol. The molecule has 1 atom stereocenters. The molecule has 0 aromatic carbocycles. The second kappa shape index (κ2) is 7.57. The van der Waals surface area contributed by atoms with E-state index < -0.39 is 11.4 Å². The van der Waals surface area contributed by atoms with E-state index in [-0.39, 0.29) is 6.04 Å². The van der Waals surface area contributed by atoms with E-state index in [2.05, 4.69) is 27.0 Å². The Morgan fingerprint density at radius 2 is 2.10 bits per heavy atom. The van der Waals surface area contributed by atoms with E-state index in [0.29, 0.717) is 79.5 Å². The molecule has 158 valence electrons. The van der Waals surface area contributed by atoms with Crippen molar-refractivity contribution < 1.29 is 19.0 Å². The molecule has 3 aromatic rings. The van der Waals surface area contributed by atoms with Gasteiger partial charge in [0.25, 0.3) is 0 Å². The first-order chi connectivity index (χ1) is 14.6. The number of morpholine rings is 1. The van der Waals surface area contributed by atoms with Crippen LogP contribution in [0.25, 0.3) is 22.3 Å². The number of aromatic nitrogens is 4. The van der Waals surface area contributed by atoms with E-state index in [9.17, 15) is 5.11 Å². The zero-order valence-electron chi connectivity index (χ0n) is 16.8. The van der Waals surface area contributed by atoms with Crippen molar-refractivity contribution >= 4 is 16.7 Å². The molecular weight excluding hydrogens is 389 g/mol. The Labute approximate surface area is 173 Å². The summed E-state index contributed by atoms with van der Waals surface area (Å²) in [5.41, 5.74) is 0.889. The van der Waals surface area contributed by atoms with Crippen molar-refractivity contribution in [3.63, 3.8) is 0 Å². The number of hydrogen-bond donors (Lipinski definition) is 2. The number of hydrogen-bond acceptors (Lipinski definition) is 7. The van der Waals surface area contributed by atoms with Crippen LogP contribution in [0.1, 0.15) is 25.3 Å². The van der Waals surface area contributed by atoms with Gasteiger partial charge in [-0.2, -0.15) is 5.10 Å². The molecule has 2 saturated heterocycles. The van der Waals surface area contributed by atoms with Gasteiger partial charge >= 0.3 is 0 Å². The predicted octanol–water partition coefficient (Wildman–Crippen LogP) is 2.38. The molecule has 0 amide bonds. The lowest BCUT2D eigenvalue weighted by Gasteiger charge is -2.37. The van der Waals surface area contributed by atoms with Crippen molar-refractivity contribution in [2.75, 3.05) is 37.9 Å². The molecule has 9 heteroatoms. The van der Waals surface area contributed by atoms with Gasteiger partial charge in [-0.3, -0.25) is 5.10 Å². The van der Waals surface area contributed by atoms with E-state index in [1.807, 2.05) is 6.07 Å². The number of anilines is 1. The molecule has 0 bridgehead atoms. The lowest BCUT2D eigenvalue weighted by Crippen LogP contribution is -2.44. The molecule has 5 heterocycles. The fourth-order valence-electron chi connectivity index (χ4n) is 4.34. The number of nitrogens with one attached hydrogen (secondary N) is 1. The summed E-state index contributed by atoms with van der Waals surface area (Å²) >= 11 is 0. The first-order valence-corrected chi connectivity index (χ1v) is 10.2. The first kappa shape index (κ1) is 19.3. The zero-order chi connectivity index (χ0) is 20.7. The Kier molecular flexibility index (Phi) is 4.88. The highest BCUT2D eigenvalue weighted by atomic mass is 19.1. The van der Waals surface area contributed by atoms with Crippen molar-refractivity contribution in [2.45, 2.75) is 31.4 Å². The normalized spacial score (nSPS) is 21.8. The van der Waals surface area contributed by atoms with Crippen LogP contribution in [0.3, 0.4) is 0 Å². The molecule has 5 rings (SSSR count). The van der Waals surface area contributed by atoms with Gasteiger partial charge < -0.3 is 19.5 Å². The quantitative estimate of drug-likeness (QED) is 0.681. The fraction of sp³-hybridized carbons (Fsp3) is 0.476. The van der Waals surface area contributed by atoms with Gasteiger partial charge in [-0.25, -0.2) is 14.4 Å². The van der Waals surface area contributed by atoms with E-state index in [4.69, 9.17) is 14.5 Å². The third-order valence-electron chi connectivity index (χ3n) is 6.02. The molecule has 0 spiro atoms. The topological polar surface area (TPSA) is 96.4 Å². The van der Waals surface area contributed by atoms with E-state index in [1.54, 1.807) is 12.3 Å². The van der Waals surface area contributed by atoms with Gasteiger partial charge in [0.05, 0.1) is 36.7 Å². The van der Waals surface area contributed by atoms with Gasteiger partial charge in [0.15, 0.2) is 5.82 Å². The molecular formula is C21H24FN5O3. The molecule has 0 radical (unpaired) electrons. The number of rotatable bonds is 3. The average molecular weight is 413 g/mol. The second-order valence-corrected chi connectivity index (χ2v) is 7.94. The molecule has 2 fully saturated rings. The summed E-state index contributed by atoms with van der Waals surface area (Å²) in [7, 11) is 0. The van der Waals surface area contributed by atoms with Gasteiger partial charge in [-0.15, -0.1) is 0 Å². The smallest absolute Gasteiger partial charge is 0.151 e. The van der Waals surface area contributed by atoms with Gasteiger partial charge in [0.1, 0.15) is 17.0 Å². The molecule has 2 N–H and O–H groups in total. The number of nitrogens with zero attached hydrogens (tertiary/aromatic N) is 4. The van der Waals surface area contributed by atoms with Gasteiger partial charge in [0.2, 0.25) is 0 Å². The standard InChI is InChI=1S/C21H24FN5O3/c1-13-12-30-9-6-27(13)17-10-14(21(28)3-7-29-8-4-21)18-15(22)11-23-19(20(18)25-17)16-2-5-24-26-16/h2,5,10-11,13,28H,3-4,6-9,12H2,1H3,(H,24,26)/t13-/m1/s1. The average Bonchev–Trinajstić information content (AvgIpc) is 3.29.